The largest absolute Gasteiger partial charge is 0.424 e. The summed E-state index contributed by atoms with van der Waals surface area (Å²) in [5.74, 6) is -0.573. The van der Waals surface area contributed by atoms with Crippen LogP contribution in [-0.4, -0.2) is 44.4 Å². The lowest BCUT2D eigenvalue weighted by atomic mass is 9.95. The van der Waals surface area contributed by atoms with Crippen molar-refractivity contribution in [1.29, 1.82) is 0 Å². The van der Waals surface area contributed by atoms with E-state index >= 15 is 0 Å². The van der Waals surface area contributed by atoms with Crippen LogP contribution in [0.4, 0.5) is 10.4 Å². The van der Waals surface area contributed by atoms with E-state index in [1.807, 2.05) is 31.2 Å². The number of aromatic nitrogens is 3. The molecule has 0 bridgehead atoms. The molecule has 7 nitrogen and oxygen atoms in total. The molecule has 2 aromatic carbocycles. The van der Waals surface area contributed by atoms with Crippen LogP contribution in [0.15, 0.2) is 65.3 Å². The van der Waals surface area contributed by atoms with E-state index in [2.05, 4.69) is 20.3 Å². The summed E-state index contributed by atoms with van der Waals surface area (Å²) >= 11 is 0. The fourth-order valence-corrected chi connectivity index (χ4v) is 4.23. The lowest BCUT2D eigenvalue weighted by molar-refractivity contribution is 0.0616. The summed E-state index contributed by atoms with van der Waals surface area (Å²) in [5.41, 5.74) is 1.86. The lowest BCUT2D eigenvalue weighted by Gasteiger charge is -2.39. The normalized spacial score (nSPS) is 18.6. The molecule has 1 saturated heterocycles. The minimum absolute atomic E-state index is 0.0502. The van der Waals surface area contributed by atoms with Gasteiger partial charge in [-0.25, -0.2) is 14.4 Å². The summed E-state index contributed by atoms with van der Waals surface area (Å²) in [5, 5.41) is 3.34. The van der Waals surface area contributed by atoms with E-state index in [0.29, 0.717) is 18.1 Å². The molecule has 1 aliphatic rings. The van der Waals surface area contributed by atoms with Crippen molar-refractivity contribution < 1.29 is 13.6 Å². The number of nitrogens with zero attached hydrogens (tertiary/aromatic N) is 4. The maximum absolute atomic E-state index is 14.7. The van der Waals surface area contributed by atoms with Crippen molar-refractivity contribution in [1.82, 2.24) is 19.9 Å². The van der Waals surface area contributed by atoms with Gasteiger partial charge in [0.15, 0.2) is 11.4 Å². The number of fused-ring (bicyclic) bond motifs is 1. The standard InChI is InChI=1S/C24H22FN5O2/c1-15-18(28-24-29-19-9-2-3-11-20(19)32-24)10-5-14-30(15)23(31)16-7-4-8-17(25)21(16)22-26-12-6-13-27-22/h2-4,6-9,11-13,15,18H,5,10,14H2,1H3,(H,28,29). The van der Waals surface area contributed by atoms with Gasteiger partial charge >= 0.3 is 0 Å². The molecule has 1 aliphatic heterocycles. The number of likely N-dealkylation sites (tertiary alicyclic amines) is 1. The summed E-state index contributed by atoms with van der Waals surface area (Å²) in [6, 6.07) is 13.9. The van der Waals surface area contributed by atoms with E-state index < -0.39 is 5.82 Å². The molecule has 2 aromatic heterocycles. The molecule has 1 amide bonds. The predicted molar refractivity (Wildman–Crippen MR) is 119 cm³/mol. The molecular formula is C24H22FN5O2. The highest BCUT2D eigenvalue weighted by Crippen LogP contribution is 2.29. The van der Waals surface area contributed by atoms with Crippen LogP contribution in [0.2, 0.25) is 0 Å². The van der Waals surface area contributed by atoms with Crippen molar-refractivity contribution >= 4 is 23.0 Å². The van der Waals surface area contributed by atoms with Gasteiger partial charge in [0.05, 0.1) is 17.2 Å². The molecule has 0 saturated carbocycles. The van der Waals surface area contributed by atoms with Gasteiger partial charge in [-0.1, -0.05) is 18.2 Å². The van der Waals surface area contributed by atoms with Gasteiger partial charge < -0.3 is 14.6 Å². The maximum Gasteiger partial charge on any atom is 0.295 e. The Labute approximate surface area is 184 Å². The molecule has 162 valence electrons. The molecule has 3 heterocycles. The minimum Gasteiger partial charge on any atom is -0.424 e. The van der Waals surface area contributed by atoms with Gasteiger partial charge in [0.2, 0.25) is 0 Å². The van der Waals surface area contributed by atoms with Gasteiger partial charge in [-0.3, -0.25) is 4.79 Å². The van der Waals surface area contributed by atoms with Crippen LogP contribution in [0.1, 0.15) is 30.1 Å². The highest BCUT2D eigenvalue weighted by molar-refractivity contribution is 6.00. The number of hydrogen-bond donors (Lipinski definition) is 1. The number of rotatable bonds is 4. The van der Waals surface area contributed by atoms with Gasteiger partial charge in [0.25, 0.3) is 11.9 Å². The molecule has 32 heavy (non-hydrogen) atoms. The van der Waals surface area contributed by atoms with Crippen molar-refractivity contribution in [3.63, 3.8) is 0 Å². The minimum atomic E-state index is -0.520. The molecule has 5 rings (SSSR count). The van der Waals surface area contributed by atoms with Crippen LogP contribution in [0.5, 0.6) is 0 Å². The highest BCUT2D eigenvalue weighted by Gasteiger charge is 2.34. The van der Waals surface area contributed by atoms with Gasteiger partial charge in [-0.15, -0.1) is 0 Å². The quantitative estimate of drug-likeness (QED) is 0.511. The van der Waals surface area contributed by atoms with E-state index in [0.717, 1.165) is 18.4 Å². The number of anilines is 1. The van der Waals surface area contributed by atoms with Crippen molar-refractivity contribution in [2.24, 2.45) is 0 Å². The Bertz CT molecular complexity index is 1230. The zero-order valence-corrected chi connectivity index (χ0v) is 17.5. The Morgan fingerprint density at radius 2 is 1.94 bits per heavy atom. The van der Waals surface area contributed by atoms with Crippen molar-refractivity contribution in [2.45, 2.75) is 31.8 Å². The Kier molecular flexibility index (Phi) is 5.26. The summed E-state index contributed by atoms with van der Waals surface area (Å²) in [7, 11) is 0. The first-order valence-corrected chi connectivity index (χ1v) is 10.6. The first kappa shape index (κ1) is 20.1. The number of carbonyl (C=O) groups excluding carboxylic acids is 1. The topological polar surface area (TPSA) is 84.2 Å². The van der Waals surface area contributed by atoms with Crippen LogP contribution >= 0.6 is 0 Å². The SMILES string of the molecule is CC1C(Nc2nc3ccccc3o2)CCCN1C(=O)c1cccc(F)c1-c1ncccn1. The lowest BCUT2D eigenvalue weighted by Crippen LogP contribution is -2.52. The van der Waals surface area contributed by atoms with Crippen LogP contribution in [0.3, 0.4) is 0 Å². The van der Waals surface area contributed by atoms with E-state index in [1.54, 1.807) is 17.0 Å². The van der Waals surface area contributed by atoms with Gasteiger partial charge in [0.1, 0.15) is 11.3 Å². The highest BCUT2D eigenvalue weighted by atomic mass is 19.1. The summed E-state index contributed by atoms with van der Waals surface area (Å²) < 4.78 is 20.5. The molecule has 0 radical (unpaired) electrons. The van der Waals surface area contributed by atoms with Crippen LogP contribution < -0.4 is 5.32 Å². The first-order valence-electron chi connectivity index (χ1n) is 10.6. The number of hydrogen-bond acceptors (Lipinski definition) is 6. The van der Waals surface area contributed by atoms with Crippen LogP contribution in [0.25, 0.3) is 22.5 Å². The number of benzene rings is 2. The molecule has 2 atom stereocenters. The zero-order chi connectivity index (χ0) is 22.1. The second-order valence-corrected chi connectivity index (χ2v) is 7.85. The second-order valence-electron chi connectivity index (χ2n) is 7.85. The Hall–Kier alpha value is -3.81. The zero-order valence-electron chi connectivity index (χ0n) is 17.5. The smallest absolute Gasteiger partial charge is 0.295 e. The van der Waals surface area contributed by atoms with Crippen molar-refractivity contribution in [2.75, 3.05) is 11.9 Å². The monoisotopic (exact) mass is 431 g/mol. The van der Waals surface area contributed by atoms with Gasteiger partial charge in [-0.05, 0) is 50.1 Å². The first-order chi connectivity index (χ1) is 15.6. The summed E-state index contributed by atoms with van der Waals surface area (Å²) in [4.78, 5) is 28.1. The van der Waals surface area contributed by atoms with Crippen LogP contribution in [0, 0.1) is 5.82 Å². The summed E-state index contributed by atoms with van der Waals surface area (Å²) in [6.45, 7) is 2.56. The van der Waals surface area contributed by atoms with Gasteiger partial charge in [0, 0.05) is 25.0 Å². The fraction of sp³-hybridized carbons (Fsp3) is 0.250. The third kappa shape index (κ3) is 3.68. The Morgan fingerprint density at radius 3 is 2.75 bits per heavy atom. The van der Waals surface area contributed by atoms with E-state index in [9.17, 15) is 9.18 Å². The maximum atomic E-state index is 14.7. The van der Waals surface area contributed by atoms with Gasteiger partial charge in [-0.2, -0.15) is 4.98 Å². The average molecular weight is 431 g/mol. The fourth-order valence-electron chi connectivity index (χ4n) is 4.23. The molecule has 2 unspecified atom stereocenters. The number of halogens is 1. The molecule has 1 fully saturated rings. The van der Waals surface area contributed by atoms with Crippen molar-refractivity contribution in [3.8, 4) is 11.4 Å². The molecule has 0 spiro atoms. The third-order valence-electron chi connectivity index (χ3n) is 5.89. The number of piperidine rings is 1. The molecule has 4 aromatic rings. The number of para-hydroxylation sites is 2. The second kappa shape index (κ2) is 8.37. The molecular weight excluding hydrogens is 409 g/mol. The predicted octanol–water partition coefficient (Wildman–Crippen LogP) is 4.53. The number of nitrogens with one attached hydrogen (secondary N) is 1. The van der Waals surface area contributed by atoms with Crippen LogP contribution in [-0.2, 0) is 0 Å². The van der Waals surface area contributed by atoms with Crippen molar-refractivity contribution in [3.05, 3.63) is 72.3 Å². The van der Waals surface area contributed by atoms with E-state index in [-0.39, 0.29) is 34.9 Å². The number of amides is 1. The Balaban J connectivity index is 1.41. The molecule has 8 heteroatoms. The molecule has 0 aliphatic carbocycles. The Morgan fingerprint density at radius 1 is 1.12 bits per heavy atom. The number of oxazole rings is 1. The number of carbonyl (C=O) groups is 1. The third-order valence-corrected chi connectivity index (χ3v) is 5.89. The van der Waals surface area contributed by atoms with E-state index in [1.165, 1.54) is 24.5 Å². The molecule has 1 N–H and O–H groups in total. The van der Waals surface area contributed by atoms with E-state index in [4.69, 9.17) is 4.42 Å². The average Bonchev–Trinajstić information content (AvgIpc) is 3.23. The summed E-state index contributed by atoms with van der Waals surface area (Å²) in [6.07, 6.45) is 4.74.